The van der Waals surface area contributed by atoms with Crippen molar-refractivity contribution in [3.8, 4) is 0 Å². The third-order valence-corrected chi connectivity index (χ3v) is 5.45. The van der Waals surface area contributed by atoms with Gasteiger partial charge in [0, 0.05) is 26.1 Å². The van der Waals surface area contributed by atoms with Gasteiger partial charge in [0.15, 0.2) is 0 Å². The molecule has 144 valence electrons. The van der Waals surface area contributed by atoms with E-state index in [1.54, 1.807) is 12.1 Å². The molecule has 2 heterocycles. The number of rotatable bonds is 7. The van der Waals surface area contributed by atoms with Crippen LogP contribution in [0.4, 0.5) is 4.39 Å². The molecule has 0 saturated carbocycles. The number of hydrogen-bond acceptors (Lipinski definition) is 4. The Hall–Kier alpha value is -1.50. The standard InChI is InChI=1S/C20H30FN3O2/c21-18-3-1-2-17(14-18)19(24-10-12-26-13-11-24)15-23-20(25)5-4-16-6-8-22-9-7-16/h1-3,14,16,19,22H,4-13,15H2,(H,23,25). The lowest BCUT2D eigenvalue weighted by Gasteiger charge is -2.35. The monoisotopic (exact) mass is 363 g/mol. The summed E-state index contributed by atoms with van der Waals surface area (Å²) >= 11 is 0. The third kappa shape index (κ3) is 5.76. The van der Waals surface area contributed by atoms with Gasteiger partial charge in [-0.05, 0) is 56.0 Å². The van der Waals surface area contributed by atoms with Gasteiger partial charge in [-0.2, -0.15) is 0 Å². The first-order valence-electron chi connectivity index (χ1n) is 9.77. The molecule has 2 aliphatic rings. The molecule has 1 amide bonds. The number of morpholine rings is 1. The molecule has 2 aliphatic heterocycles. The number of nitrogens with zero attached hydrogens (tertiary/aromatic N) is 1. The molecule has 2 N–H and O–H groups in total. The molecule has 0 radical (unpaired) electrons. The molecule has 0 bridgehead atoms. The Kier molecular flexibility index (Phi) is 7.41. The molecular weight excluding hydrogens is 333 g/mol. The second-order valence-corrected chi connectivity index (χ2v) is 7.26. The van der Waals surface area contributed by atoms with Crippen LogP contribution in [0.2, 0.25) is 0 Å². The highest BCUT2D eigenvalue weighted by Crippen LogP contribution is 2.22. The number of carbonyl (C=O) groups excluding carboxylic acids is 1. The van der Waals surface area contributed by atoms with Crippen LogP contribution in [0.15, 0.2) is 24.3 Å². The van der Waals surface area contributed by atoms with Crippen LogP contribution in [0, 0.1) is 11.7 Å². The van der Waals surface area contributed by atoms with Gasteiger partial charge < -0.3 is 15.4 Å². The maximum Gasteiger partial charge on any atom is 0.220 e. The Bertz CT molecular complexity index is 572. The van der Waals surface area contributed by atoms with Crippen molar-refractivity contribution in [3.63, 3.8) is 0 Å². The zero-order valence-corrected chi connectivity index (χ0v) is 15.4. The Morgan fingerprint density at radius 1 is 1.31 bits per heavy atom. The van der Waals surface area contributed by atoms with E-state index in [1.807, 2.05) is 6.07 Å². The smallest absolute Gasteiger partial charge is 0.220 e. The molecule has 0 spiro atoms. The maximum absolute atomic E-state index is 13.7. The molecule has 2 fully saturated rings. The van der Waals surface area contributed by atoms with Gasteiger partial charge in [0.25, 0.3) is 0 Å². The normalized spacial score (nSPS) is 20.7. The number of nitrogens with one attached hydrogen (secondary N) is 2. The second-order valence-electron chi connectivity index (χ2n) is 7.26. The molecule has 1 unspecified atom stereocenters. The second kappa shape index (κ2) is 10.00. The van der Waals surface area contributed by atoms with Crippen molar-refractivity contribution in [2.45, 2.75) is 31.7 Å². The zero-order valence-electron chi connectivity index (χ0n) is 15.4. The van der Waals surface area contributed by atoms with Gasteiger partial charge in [-0.1, -0.05) is 12.1 Å². The van der Waals surface area contributed by atoms with E-state index in [0.29, 0.717) is 32.1 Å². The molecule has 3 rings (SSSR count). The SMILES string of the molecule is O=C(CCC1CCNCC1)NCC(c1cccc(F)c1)N1CCOCC1. The van der Waals surface area contributed by atoms with Crippen LogP contribution in [0.1, 0.15) is 37.3 Å². The van der Waals surface area contributed by atoms with Gasteiger partial charge in [0.2, 0.25) is 5.91 Å². The molecule has 6 heteroatoms. The Morgan fingerprint density at radius 2 is 2.08 bits per heavy atom. The van der Waals surface area contributed by atoms with Crippen molar-refractivity contribution in [1.29, 1.82) is 0 Å². The average Bonchev–Trinajstić information content (AvgIpc) is 2.68. The van der Waals surface area contributed by atoms with Crippen molar-refractivity contribution in [2.75, 3.05) is 45.9 Å². The molecule has 0 aliphatic carbocycles. The molecule has 0 aromatic heterocycles. The van der Waals surface area contributed by atoms with E-state index >= 15 is 0 Å². The highest BCUT2D eigenvalue weighted by Gasteiger charge is 2.24. The van der Waals surface area contributed by atoms with Gasteiger partial charge in [-0.25, -0.2) is 4.39 Å². The van der Waals surface area contributed by atoms with Gasteiger partial charge in [-0.3, -0.25) is 9.69 Å². The largest absolute Gasteiger partial charge is 0.379 e. The first-order valence-corrected chi connectivity index (χ1v) is 9.77. The minimum Gasteiger partial charge on any atom is -0.379 e. The molecule has 1 atom stereocenters. The highest BCUT2D eigenvalue weighted by molar-refractivity contribution is 5.75. The quantitative estimate of drug-likeness (QED) is 0.779. The fourth-order valence-corrected chi connectivity index (χ4v) is 3.87. The van der Waals surface area contributed by atoms with Crippen molar-refractivity contribution >= 4 is 5.91 Å². The lowest BCUT2D eigenvalue weighted by molar-refractivity contribution is -0.121. The van der Waals surface area contributed by atoms with Gasteiger partial charge in [0.05, 0.1) is 19.3 Å². The minimum atomic E-state index is -0.238. The van der Waals surface area contributed by atoms with E-state index in [2.05, 4.69) is 15.5 Å². The van der Waals surface area contributed by atoms with E-state index in [1.165, 1.54) is 6.07 Å². The maximum atomic E-state index is 13.7. The van der Waals surface area contributed by atoms with Crippen molar-refractivity contribution < 1.29 is 13.9 Å². The van der Waals surface area contributed by atoms with E-state index in [-0.39, 0.29) is 17.8 Å². The topological polar surface area (TPSA) is 53.6 Å². The van der Waals surface area contributed by atoms with Crippen LogP contribution in [0.25, 0.3) is 0 Å². The van der Waals surface area contributed by atoms with Crippen LogP contribution in [0.5, 0.6) is 0 Å². The molecule has 2 saturated heterocycles. The average molecular weight is 363 g/mol. The summed E-state index contributed by atoms with van der Waals surface area (Å²) in [5.74, 6) is 0.511. The summed E-state index contributed by atoms with van der Waals surface area (Å²) in [6.07, 6.45) is 3.85. The number of halogens is 1. The van der Waals surface area contributed by atoms with Crippen LogP contribution < -0.4 is 10.6 Å². The molecular formula is C20H30FN3O2. The summed E-state index contributed by atoms with van der Waals surface area (Å²) in [6.45, 7) is 5.58. The number of ether oxygens (including phenoxy) is 1. The van der Waals surface area contributed by atoms with E-state index in [4.69, 9.17) is 4.74 Å². The number of hydrogen-bond donors (Lipinski definition) is 2. The number of carbonyl (C=O) groups is 1. The Balaban J connectivity index is 1.54. The van der Waals surface area contributed by atoms with E-state index in [9.17, 15) is 9.18 Å². The van der Waals surface area contributed by atoms with Crippen LogP contribution in [-0.2, 0) is 9.53 Å². The molecule has 26 heavy (non-hydrogen) atoms. The number of piperidine rings is 1. The van der Waals surface area contributed by atoms with E-state index < -0.39 is 0 Å². The molecule has 1 aromatic rings. The lowest BCUT2D eigenvalue weighted by atomic mass is 9.93. The van der Waals surface area contributed by atoms with Gasteiger partial charge >= 0.3 is 0 Å². The summed E-state index contributed by atoms with van der Waals surface area (Å²) in [4.78, 5) is 14.6. The van der Waals surface area contributed by atoms with Crippen molar-refractivity contribution in [3.05, 3.63) is 35.6 Å². The summed E-state index contributed by atoms with van der Waals surface area (Å²) in [7, 11) is 0. The van der Waals surface area contributed by atoms with Crippen molar-refractivity contribution in [1.82, 2.24) is 15.5 Å². The molecule has 5 nitrogen and oxygen atoms in total. The number of amides is 1. The summed E-state index contributed by atoms with van der Waals surface area (Å²) < 4.78 is 19.1. The third-order valence-electron chi connectivity index (χ3n) is 5.45. The first kappa shape index (κ1) is 19.3. The Morgan fingerprint density at radius 3 is 2.81 bits per heavy atom. The minimum absolute atomic E-state index is 0.0163. The van der Waals surface area contributed by atoms with Crippen LogP contribution in [0.3, 0.4) is 0 Å². The predicted molar refractivity (Wildman–Crippen MR) is 99.4 cm³/mol. The highest BCUT2D eigenvalue weighted by atomic mass is 19.1. The summed E-state index contributed by atoms with van der Waals surface area (Å²) in [6, 6.07) is 6.68. The van der Waals surface area contributed by atoms with E-state index in [0.717, 1.165) is 51.0 Å². The van der Waals surface area contributed by atoms with Crippen LogP contribution >= 0.6 is 0 Å². The van der Waals surface area contributed by atoms with Crippen LogP contribution in [-0.4, -0.2) is 56.7 Å². The zero-order chi connectivity index (χ0) is 18.2. The van der Waals surface area contributed by atoms with Gasteiger partial charge in [-0.15, -0.1) is 0 Å². The lowest BCUT2D eigenvalue weighted by Crippen LogP contribution is -2.43. The predicted octanol–water partition coefficient (Wildman–Crippen LogP) is 2.09. The fourth-order valence-electron chi connectivity index (χ4n) is 3.87. The Labute approximate surface area is 155 Å². The first-order chi connectivity index (χ1) is 12.7. The van der Waals surface area contributed by atoms with Crippen molar-refractivity contribution in [2.24, 2.45) is 5.92 Å². The summed E-state index contributed by atoms with van der Waals surface area (Å²) in [5.41, 5.74) is 0.908. The fraction of sp³-hybridized carbons (Fsp3) is 0.650. The molecule has 1 aromatic carbocycles. The van der Waals surface area contributed by atoms with Gasteiger partial charge in [0.1, 0.15) is 5.82 Å². The summed E-state index contributed by atoms with van der Waals surface area (Å²) in [5, 5.41) is 6.43. The number of benzene rings is 1.